The molecule has 6 heteroatoms. The Labute approximate surface area is 198 Å². The Balaban J connectivity index is 1.65. The molecule has 0 aromatic heterocycles. The molecule has 0 N–H and O–H groups in total. The van der Waals surface area contributed by atoms with E-state index in [1.54, 1.807) is 44.4 Å². The van der Waals surface area contributed by atoms with Gasteiger partial charge in [0.15, 0.2) is 6.10 Å². The van der Waals surface area contributed by atoms with E-state index in [1.807, 2.05) is 48.5 Å². The molecule has 33 heavy (non-hydrogen) atoms. The molecular weight excluding hydrogens is 436 g/mol. The Bertz CT molecular complexity index is 1150. The van der Waals surface area contributed by atoms with E-state index in [9.17, 15) is 9.59 Å². The van der Waals surface area contributed by atoms with Gasteiger partial charge in [-0.15, -0.1) is 6.58 Å². The van der Waals surface area contributed by atoms with Crippen LogP contribution in [0.2, 0.25) is 5.02 Å². The first-order chi connectivity index (χ1) is 15.9. The van der Waals surface area contributed by atoms with Crippen molar-refractivity contribution in [3.05, 3.63) is 107 Å². The Kier molecular flexibility index (Phi) is 6.52. The average Bonchev–Trinajstić information content (AvgIpc) is 3.14. The molecule has 0 spiro atoms. The molecule has 168 valence electrons. The molecule has 0 heterocycles. The number of amides is 2. The lowest BCUT2D eigenvalue weighted by atomic mass is 10.0. The SMILES string of the molecule is C=CCN(C)C(=O)C(c1ccc(Cl)cc1)N(C)C(=O)OC1c2ccccc2-c2ccccc21. The largest absolute Gasteiger partial charge is 0.436 e. The molecule has 0 saturated heterocycles. The molecule has 2 amide bonds. The molecule has 1 aliphatic rings. The molecule has 3 aromatic carbocycles. The lowest BCUT2D eigenvalue weighted by molar-refractivity contribution is -0.134. The van der Waals surface area contributed by atoms with Crippen molar-refractivity contribution in [3.8, 4) is 11.1 Å². The van der Waals surface area contributed by atoms with E-state index in [2.05, 4.69) is 6.58 Å². The van der Waals surface area contributed by atoms with E-state index in [1.165, 1.54) is 9.80 Å². The summed E-state index contributed by atoms with van der Waals surface area (Å²) in [5, 5.41) is 0.550. The van der Waals surface area contributed by atoms with Gasteiger partial charge in [0.25, 0.3) is 0 Å². The minimum Gasteiger partial charge on any atom is -0.436 e. The van der Waals surface area contributed by atoms with Gasteiger partial charge in [0.05, 0.1) is 0 Å². The smallest absolute Gasteiger partial charge is 0.411 e. The summed E-state index contributed by atoms with van der Waals surface area (Å²) in [4.78, 5) is 29.5. The van der Waals surface area contributed by atoms with Gasteiger partial charge in [-0.1, -0.05) is 78.3 Å². The number of likely N-dealkylation sites (N-methyl/N-ethyl adjacent to an activating group) is 2. The number of ether oxygens (including phenoxy) is 1. The Hall–Kier alpha value is -3.57. The zero-order valence-electron chi connectivity index (χ0n) is 18.6. The second kappa shape index (κ2) is 9.51. The number of halogens is 1. The standard InChI is InChI=1S/C27H25ClN2O3/c1-4-17-29(2)26(31)24(18-13-15-19(28)16-14-18)30(3)27(32)33-25-22-11-7-5-9-20(22)21-10-6-8-12-23(21)25/h4-16,24-25H,1,17H2,2-3H3. The Morgan fingerprint density at radius 2 is 1.52 bits per heavy atom. The van der Waals surface area contributed by atoms with Crippen LogP contribution in [0.15, 0.2) is 85.5 Å². The number of fused-ring (bicyclic) bond motifs is 3. The number of nitrogens with zero attached hydrogens (tertiary/aromatic N) is 2. The first kappa shape index (κ1) is 22.6. The molecule has 4 rings (SSSR count). The topological polar surface area (TPSA) is 49.9 Å². The van der Waals surface area contributed by atoms with Crippen LogP contribution in [-0.2, 0) is 9.53 Å². The minimum absolute atomic E-state index is 0.246. The Morgan fingerprint density at radius 1 is 0.970 bits per heavy atom. The molecule has 0 fully saturated rings. The molecule has 1 unspecified atom stereocenters. The van der Waals surface area contributed by atoms with Crippen molar-refractivity contribution in [1.29, 1.82) is 0 Å². The van der Waals surface area contributed by atoms with Crippen LogP contribution in [0, 0.1) is 0 Å². The van der Waals surface area contributed by atoms with Gasteiger partial charge < -0.3 is 9.64 Å². The lowest BCUT2D eigenvalue weighted by Gasteiger charge is -2.31. The predicted octanol–water partition coefficient (Wildman–Crippen LogP) is 5.86. The van der Waals surface area contributed by atoms with Gasteiger partial charge in [-0.3, -0.25) is 9.69 Å². The number of hydrogen-bond donors (Lipinski definition) is 0. The number of hydrogen-bond acceptors (Lipinski definition) is 3. The highest BCUT2D eigenvalue weighted by molar-refractivity contribution is 6.30. The molecule has 0 saturated carbocycles. The molecule has 1 atom stereocenters. The van der Waals surface area contributed by atoms with Crippen molar-refractivity contribution in [3.63, 3.8) is 0 Å². The monoisotopic (exact) mass is 460 g/mol. The van der Waals surface area contributed by atoms with Crippen molar-refractivity contribution in [1.82, 2.24) is 9.80 Å². The van der Waals surface area contributed by atoms with Crippen LogP contribution in [0.5, 0.6) is 0 Å². The highest BCUT2D eigenvalue weighted by Crippen LogP contribution is 2.45. The van der Waals surface area contributed by atoms with Crippen molar-refractivity contribution in [2.75, 3.05) is 20.6 Å². The number of benzene rings is 3. The third kappa shape index (κ3) is 4.37. The van der Waals surface area contributed by atoms with Gasteiger partial charge >= 0.3 is 6.09 Å². The zero-order valence-corrected chi connectivity index (χ0v) is 19.3. The maximum absolute atomic E-state index is 13.4. The van der Waals surface area contributed by atoms with E-state index < -0.39 is 18.2 Å². The van der Waals surface area contributed by atoms with E-state index in [4.69, 9.17) is 16.3 Å². The van der Waals surface area contributed by atoms with Gasteiger partial charge in [0.2, 0.25) is 5.91 Å². The summed E-state index contributed by atoms with van der Waals surface area (Å²) in [5.41, 5.74) is 4.60. The van der Waals surface area contributed by atoms with Crippen LogP contribution in [0.1, 0.15) is 28.8 Å². The van der Waals surface area contributed by atoms with Gasteiger partial charge in [-0.05, 0) is 28.8 Å². The lowest BCUT2D eigenvalue weighted by Crippen LogP contribution is -2.43. The maximum Gasteiger partial charge on any atom is 0.411 e. The second-order valence-corrected chi connectivity index (χ2v) is 8.45. The number of carbonyl (C=O) groups is 2. The fraction of sp³-hybridized carbons (Fsp3) is 0.185. The quantitative estimate of drug-likeness (QED) is 0.432. The summed E-state index contributed by atoms with van der Waals surface area (Å²) in [6.45, 7) is 4.06. The van der Waals surface area contributed by atoms with Crippen LogP contribution >= 0.6 is 11.6 Å². The van der Waals surface area contributed by atoms with Crippen LogP contribution in [0.4, 0.5) is 4.79 Å². The molecule has 5 nitrogen and oxygen atoms in total. The van der Waals surface area contributed by atoms with E-state index in [0.717, 1.165) is 22.3 Å². The number of carbonyl (C=O) groups excluding carboxylic acids is 2. The van der Waals surface area contributed by atoms with Gasteiger partial charge in [0.1, 0.15) is 6.04 Å². The Morgan fingerprint density at radius 3 is 2.06 bits per heavy atom. The van der Waals surface area contributed by atoms with Crippen LogP contribution in [0.3, 0.4) is 0 Å². The normalized spacial score (nSPS) is 12.9. The van der Waals surface area contributed by atoms with Crippen molar-refractivity contribution >= 4 is 23.6 Å². The second-order valence-electron chi connectivity index (χ2n) is 8.01. The highest BCUT2D eigenvalue weighted by atomic mass is 35.5. The average molecular weight is 461 g/mol. The van der Waals surface area contributed by atoms with Gasteiger partial charge in [-0.25, -0.2) is 4.79 Å². The third-order valence-electron chi connectivity index (χ3n) is 5.87. The zero-order chi connectivity index (χ0) is 23.5. The summed E-state index contributed by atoms with van der Waals surface area (Å²) < 4.78 is 6.01. The third-order valence-corrected chi connectivity index (χ3v) is 6.12. The molecule has 0 radical (unpaired) electrons. The summed E-state index contributed by atoms with van der Waals surface area (Å²) >= 11 is 6.05. The minimum atomic E-state index is -0.869. The first-order valence-corrected chi connectivity index (χ1v) is 11.0. The molecule has 1 aliphatic carbocycles. The van der Waals surface area contributed by atoms with Gasteiger partial charge in [0, 0.05) is 36.8 Å². The fourth-order valence-corrected chi connectivity index (χ4v) is 4.32. The van der Waals surface area contributed by atoms with E-state index in [0.29, 0.717) is 17.1 Å². The molecular formula is C27H25ClN2O3. The summed E-state index contributed by atoms with van der Waals surface area (Å²) in [5.74, 6) is -0.246. The van der Waals surface area contributed by atoms with Crippen LogP contribution in [0.25, 0.3) is 11.1 Å². The highest BCUT2D eigenvalue weighted by Gasteiger charge is 2.36. The summed E-state index contributed by atoms with van der Waals surface area (Å²) in [6.07, 6.45) is 0.507. The summed E-state index contributed by atoms with van der Waals surface area (Å²) in [7, 11) is 3.25. The number of rotatable bonds is 6. The van der Waals surface area contributed by atoms with E-state index in [-0.39, 0.29) is 5.91 Å². The molecule has 0 aliphatic heterocycles. The van der Waals surface area contributed by atoms with Crippen molar-refractivity contribution in [2.24, 2.45) is 0 Å². The fourth-order valence-electron chi connectivity index (χ4n) is 4.19. The van der Waals surface area contributed by atoms with Crippen molar-refractivity contribution < 1.29 is 14.3 Å². The summed E-state index contributed by atoms with van der Waals surface area (Å²) in [6, 6.07) is 21.8. The van der Waals surface area contributed by atoms with E-state index >= 15 is 0 Å². The predicted molar refractivity (Wildman–Crippen MR) is 130 cm³/mol. The van der Waals surface area contributed by atoms with Crippen LogP contribution in [-0.4, -0.2) is 42.4 Å². The molecule has 0 bridgehead atoms. The first-order valence-electron chi connectivity index (χ1n) is 10.7. The van der Waals surface area contributed by atoms with Crippen LogP contribution < -0.4 is 0 Å². The van der Waals surface area contributed by atoms with Crippen molar-refractivity contribution in [2.45, 2.75) is 12.1 Å². The van der Waals surface area contributed by atoms with Gasteiger partial charge in [-0.2, -0.15) is 0 Å². The maximum atomic E-state index is 13.4. The molecule has 3 aromatic rings.